The monoisotopic (exact) mass is 546 g/mol. The number of amides is 2. The summed E-state index contributed by atoms with van der Waals surface area (Å²) >= 11 is 0. The van der Waals surface area contributed by atoms with Gasteiger partial charge in [-0.05, 0) is 62.4 Å². The highest BCUT2D eigenvalue weighted by molar-refractivity contribution is 7.86. The maximum atomic E-state index is 12.9. The Labute approximate surface area is 212 Å². The first-order valence-corrected chi connectivity index (χ1v) is 13.3. The van der Waals surface area contributed by atoms with Crippen LogP contribution < -0.4 is 10.6 Å². The smallest absolute Gasteiger partial charge is 0.294 e. The summed E-state index contributed by atoms with van der Waals surface area (Å²) in [6.45, 7) is 3.70. The van der Waals surface area contributed by atoms with Crippen LogP contribution in [0.4, 0.5) is 17.1 Å². The molecule has 0 spiro atoms. The van der Waals surface area contributed by atoms with Crippen LogP contribution in [-0.4, -0.2) is 44.8 Å². The van der Waals surface area contributed by atoms with Crippen molar-refractivity contribution < 1.29 is 35.5 Å². The number of carbonyl (C=O) groups is 2. The van der Waals surface area contributed by atoms with Crippen LogP contribution >= 0.6 is 0 Å². The Morgan fingerprint density at radius 2 is 1.11 bits per heavy atom. The zero-order chi connectivity index (χ0) is 27.5. The largest absolute Gasteiger partial charge is 0.322 e. The van der Waals surface area contributed by atoms with Gasteiger partial charge in [0.2, 0.25) is 0 Å². The minimum Gasteiger partial charge on any atom is -0.322 e. The van der Waals surface area contributed by atoms with Crippen LogP contribution in [-0.2, 0) is 20.2 Å². The zero-order valence-corrected chi connectivity index (χ0v) is 21.4. The highest BCUT2D eigenvalue weighted by Gasteiger charge is 2.21. The first-order chi connectivity index (χ1) is 17.2. The van der Waals surface area contributed by atoms with Gasteiger partial charge in [-0.2, -0.15) is 27.1 Å². The molecular weight excluding hydrogens is 524 g/mol. The Morgan fingerprint density at radius 3 is 1.51 bits per heavy atom. The van der Waals surface area contributed by atoms with Crippen molar-refractivity contribution in [3.63, 3.8) is 0 Å². The quantitative estimate of drug-likeness (QED) is 0.252. The van der Waals surface area contributed by atoms with Gasteiger partial charge in [0.15, 0.2) is 0 Å². The van der Waals surface area contributed by atoms with E-state index in [2.05, 4.69) is 20.9 Å². The lowest BCUT2D eigenvalue weighted by atomic mass is 10.1. The van der Waals surface area contributed by atoms with E-state index in [1.54, 1.807) is 12.1 Å². The van der Waals surface area contributed by atoms with E-state index in [0.717, 1.165) is 23.3 Å². The lowest BCUT2D eigenvalue weighted by molar-refractivity contribution is 0.101. The molecule has 0 saturated heterocycles. The zero-order valence-electron chi connectivity index (χ0n) is 19.8. The Hall–Kier alpha value is -3.98. The van der Waals surface area contributed by atoms with Gasteiger partial charge in [0, 0.05) is 29.5 Å². The van der Waals surface area contributed by atoms with Crippen LogP contribution in [0, 0.1) is 13.8 Å². The number of hydrogen-bond donors (Lipinski definition) is 4. The molecule has 0 atom stereocenters. The van der Waals surface area contributed by atoms with Crippen molar-refractivity contribution in [1.29, 1.82) is 0 Å². The van der Waals surface area contributed by atoms with E-state index in [-0.39, 0.29) is 17.1 Å². The topological polar surface area (TPSA) is 192 Å². The van der Waals surface area contributed by atoms with Gasteiger partial charge in [-0.3, -0.25) is 18.7 Å². The predicted octanol–water partition coefficient (Wildman–Crippen LogP) is 4.01. The summed E-state index contributed by atoms with van der Waals surface area (Å²) in [5.74, 6) is -1.40. The Bertz CT molecular complexity index is 1580. The van der Waals surface area contributed by atoms with Gasteiger partial charge in [0.25, 0.3) is 32.1 Å². The summed E-state index contributed by atoms with van der Waals surface area (Å²) < 4.78 is 64.9. The molecule has 194 valence electrons. The van der Waals surface area contributed by atoms with Crippen LogP contribution in [0.5, 0.6) is 0 Å². The molecule has 0 radical (unpaired) electrons. The molecule has 3 aromatic carbocycles. The summed E-state index contributed by atoms with van der Waals surface area (Å²) in [5, 5.41) is 12.7. The summed E-state index contributed by atoms with van der Waals surface area (Å²) in [5.41, 5.74) is 2.29. The molecule has 0 heterocycles. The fourth-order valence-corrected chi connectivity index (χ4v) is 4.62. The number of azo groups is 1. The van der Waals surface area contributed by atoms with Crippen molar-refractivity contribution >= 4 is 49.1 Å². The molecule has 14 heteroatoms. The van der Waals surface area contributed by atoms with Gasteiger partial charge < -0.3 is 10.6 Å². The number of nitrogens with one attached hydrogen (secondary N) is 2. The molecule has 0 aliphatic rings. The number of carbonyl (C=O) groups excluding carboxylic acids is 2. The maximum absolute atomic E-state index is 12.9. The normalized spacial score (nSPS) is 11.9. The standard InChI is InChI=1S/C23H22N4O8S2/c1-13-4-14(2)6-15(5-13)22(28)25-17-9-18(11-19(10-17)27-24-3)26-23(29)16-7-20(36(30,31)32)12-21(8-16)37(33,34)35/h4-12H,1-3H3,(H,25,28)(H,26,29)(H,30,31,32)(H,33,34,35). The summed E-state index contributed by atoms with van der Waals surface area (Å²) in [4.78, 5) is 23.8. The number of anilines is 2. The Kier molecular flexibility index (Phi) is 7.88. The van der Waals surface area contributed by atoms with E-state index >= 15 is 0 Å². The first kappa shape index (κ1) is 27.6. The highest BCUT2D eigenvalue weighted by atomic mass is 32.2. The van der Waals surface area contributed by atoms with Gasteiger partial charge in [-0.25, -0.2) is 0 Å². The van der Waals surface area contributed by atoms with Crippen molar-refractivity contribution in [1.82, 2.24) is 0 Å². The molecule has 12 nitrogen and oxygen atoms in total. The molecule has 2 amide bonds. The van der Waals surface area contributed by atoms with Crippen LogP contribution in [0.15, 0.2) is 74.6 Å². The molecule has 0 aromatic heterocycles. The lowest BCUT2D eigenvalue weighted by Gasteiger charge is -2.12. The molecule has 0 aliphatic carbocycles. The Balaban J connectivity index is 1.98. The summed E-state index contributed by atoms with van der Waals surface area (Å²) in [7, 11) is -8.41. The van der Waals surface area contributed by atoms with Crippen LogP contribution in [0.2, 0.25) is 0 Å². The lowest BCUT2D eigenvalue weighted by Crippen LogP contribution is -2.15. The van der Waals surface area contributed by atoms with Gasteiger partial charge >= 0.3 is 0 Å². The fraction of sp³-hybridized carbons (Fsp3) is 0.130. The van der Waals surface area contributed by atoms with Gasteiger partial charge in [-0.15, -0.1) is 0 Å². The van der Waals surface area contributed by atoms with Gasteiger partial charge in [0.05, 0.1) is 15.5 Å². The molecule has 0 bridgehead atoms. The van der Waals surface area contributed by atoms with E-state index in [9.17, 15) is 35.5 Å². The average Bonchev–Trinajstić information content (AvgIpc) is 2.77. The fourth-order valence-electron chi connectivity index (χ4n) is 3.44. The van der Waals surface area contributed by atoms with Crippen molar-refractivity contribution in [2.75, 3.05) is 17.7 Å². The molecule has 0 fully saturated rings. The van der Waals surface area contributed by atoms with Crippen molar-refractivity contribution in [2.24, 2.45) is 10.2 Å². The summed E-state index contributed by atoms with van der Waals surface area (Å²) in [6.07, 6.45) is 0. The van der Waals surface area contributed by atoms with E-state index in [1.807, 2.05) is 19.9 Å². The Morgan fingerprint density at radius 1 is 0.676 bits per heavy atom. The van der Waals surface area contributed by atoms with Crippen molar-refractivity contribution in [3.05, 3.63) is 76.9 Å². The molecule has 4 N–H and O–H groups in total. The number of hydrogen-bond acceptors (Lipinski definition) is 8. The van der Waals surface area contributed by atoms with E-state index in [1.165, 1.54) is 25.2 Å². The highest BCUT2D eigenvalue weighted by Crippen LogP contribution is 2.27. The second-order valence-electron chi connectivity index (χ2n) is 8.00. The van der Waals surface area contributed by atoms with Crippen LogP contribution in [0.1, 0.15) is 31.8 Å². The van der Waals surface area contributed by atoms with Gasteiger partial charge in [0.1, 0.15) is 0 Å². The van der Waals surface area contributed by atoms with Crippen LogP contribution in [0.3, 0.4) is 0 Å². The number of aryl methyl sites for hydroxylation is 2. The first-order valence-electron chi connectivity index (χ1n) is 10.4. The number of nitrogens with zero attached hydrogens (tertiary/aromatic N) is 2. The van der Waals surface area contributed by atoms with Crippen molar-refractivity contribution in [2.45, 2.75) is 23.6 Å². The van der Waals surface area contributed by atoms with Crippen LogP contribution in [0.25, 0.3) is 0 Å². The summed E-state index contributed by atoms with van der Waals surface area (Å²) in [6, 6.07) is 11.6. The minimum absolute atomic E-state index is 0.0938. The molecule has 3 rings (SSSR count). The molecule has 37 heavy (non-hydrogen) atoms. The second kappa shape index (κ2) is 10.6. The third-order valence-electron chi connectivity index (χ3n) is 4.87. The molecule has 0 aliphatic heterocycles. The van der Waals surface area contributed by atoms with Crippen molar-refractivity contribution in [3.8, 4) is 0 Å². The number of rotatable bonds is 7. The van der Waals surface area contributed by atoms with E-state index in [0.29, 0.717) is 11.6 Å². The molecule has 0 unspecified atom stereocenters. The maximum Gasteiger partial charge on any atom is 0.294 e. The van der Waals surface area contributed by atoms with E-state index < -0.39 is 47.4 Å². The predicted molar refractivity (Wildman–Crippen MR) is 135 cm³/mol. The van der Waals surface area contributed by atoms with E-state index in [4.69, 9.17) is 0 Å². The third-order valence-corrected chi connectivity index (χ3v) is 6.53. The molecule has 0 saturated carbocycles. The number of benzene rings is 3. The van der Waals surface area contributed by atoms with Gasteiger partial charge in [-0.1, -0.05) is 17.2 Å². The minimum atomic E-state index is -4.91. The third kappa shape index (κ3) is 7.27. The molecular formula is C23H22N4O8S2. The molecule has 3 aromatic rings. The average molecular weight is 547 g/mol. The second-order valence-corrected chi connectivity index (χ2v) is 10.8. The SMILES string of the molecule is CN=Nc1cc(NC(=O)c2cc(C)cc(C)c2)cc(NC(=O)c2cc(S(=O)(=O)O)cc(S(=O)(=O)O)c2)c1.